The van der Waals surface area contributed by atoms with Crippen molar-refractivity contribution in [1.82, 2.24) is 9.97 Å². The maximum atomic E-state index is 11.7. The molecular formula is C12H14ClN3O. The Morgan fingerprint density at radius 3 is 3.06 bits per heavy atom. The average Bonchev–Trinajstić information content (AvgIpc) is 2.67. The summed E-state index contributed by atoms with van der Waals surface area (Å²) in [6, 6.07) is 1.65. The van der Waals surface area contributed by atoms with Gasteiger partial charge in [0.25, 0.3) is 0 Å². The van der Waals surface area contributed by atoms with Gasteiger partial charge < -0.3 is 0 Å². The van der Waals surface area contributed by atoms with Crippen LogP contribution in [0.25, 0.3) is 0 Å². The van der Waals surface area contributed by atoms with Crippen molar-refractivity contribution in [2.24, 2.45) is 5.92 Å². The number of carbonyl (C=O) groups excluding carboxylic acids is 1. The first-order chi connectivity index (χ1) is 8.13. The van der Waals surface area contributed by atoms with E-state index in [9.17, 15) is 4.79 Å². The molecule has 1 aromatic heterocycles. The highest BCUT2D eigenvalue weighted by Crippen LogP contribution is 2.20. The van der Waals surface area contributed by atoms with Crippen LogP contribution in [-0.2, 0) is 4.79 Å². The van der Waals surface area contributed by atoms with Crippen molar-refractivity contribution < 1.29 is 4.79 Å². The van der Waals surface area contributed by atoms with Gasteiger partial charge in [-0.2, -0.15) is 0 Å². The standard InChI is InChI=1S/C12H14ClN3O/c1-8-6-10(13)15-12(14-8)16-11(17)7-9-4-2-3-5-9/h2,4,6,9H,3,5,7H2,1H3,(H,14,15,16,17). The molecule has 4 nitrogen and oxygen atoms in total. The van der Waals surface area contributed by atoms with Crippen LogP contribution in [0, 0.1) is 12.8 Å². The Bertz CT molecular complexity index is 439. The quantitative estimate of drug-likeness (QED) is 0.664. The summed E-state index contributed by atoms with van der Waals surface area (Å²) in [6.07, 6.45) is 6.78. The maximum absolute atomic E-state index is 11.7. The van der Waals surface area contributed by atoms with Gasteiger partial charge in [0.2, 0.25) is 11.9 Å². The van der Waals surface area contributed by atoms with E-state index in [-0.39, 0.29) is 11.9 Å². The highest BCUT2D eigenvalue weighted by molar-refractivity contribution is 6.29. The number of rotatable bonds is 3. The van der Waals surface area contributed by atoms with Crippen molar-refractivity contribution in [1.29, 1.82) is 0 Å². The van der Waals surface area contributed by atoms with Gasteiger partial charge >= 0.3 is 0 Å². The van der Waals surface area contributed by atoms with E-state index < -0.39 is 0 Å². The number of allylic oxidation sites excluding steroid dienone is 2. The number of aromatic nitrogens is 2. The van der Waals surface area contributed by atoms with Gasteiger partial charge in [-0.05, 0) is 31.7 Å². The summed E-state index contributed by atoms with van der Waals surface area (Å²) in [5.41, 5.74) is 0.737. The Morgan fingerprint density at radius 2 is 2.41 bits per heavy atom. The van der Waals surface area contributed by atoms with E-state index in [0.29, 0.717) is 17.5 Å². The lowest BCUT2D eigenvalue weighted by Crippen LogP contribution is -2.16. The number of hydrogen-bond donors (Lipinski definition) is 1. The van der Waals surface area contributed by atoms with Crippen molar-refractivity contribution >= 4 is 23.5 Å². The van der Waals surface area contributed by atoms with E-state index in [4.69, 9.17) is 11.6 Å². The average molecular weight is 252 g/mol. The van der Waals surface area contributed by atoms with Crippen LogP contribution in [0.3, 0.4) is 0 Å². The van der Waals surface area contributed by atoms with Gasteiger partial charge in [0, 0.05) is 12.1 Å². The Morgan fingerprint density at radius 1 is 1.59 bits per heavy atom. The SMILES string of the molecule is Cc1cc(Cl)nc(NC(=O)CC2C=CCC2)n1. The van der Waals surface area contributed by atoms with Crippen LogP contribution < -0.4 is 5.32 Å². The minimum atomic E-state index is -0.0665. The number of aryl methyl sites for hydroxylation is 1. The highest BCUT2D eigenvalue weighted by atomic mass is 35.5. The first-order valence-electron chi connectivity index (χ1n) is 5.61. The van der Waals surface area contributed by atoms with Crippen LogP contribution in [0.4, 0.5) is 5.95 Å². The molecule has 1 heterocycles. The molecule has 5 heteroatoms. The summed E-state index contributed by atoms with van der Waals surface area (Å²) >= 11 is 5.79. The molecule has 1 aromatic rings. The lowest BCUT2D eigenvalue weighted by molar-refractivity contribution is -0.116. The predicted molar refractivity (Wildman–Crippen MR) is 66.9 cm³/mol. The van der Waals surface area contributed by atoms with Crippen molar-refractivity contribution in [3.8, 4) is 0 Å². The van der Waals surface area contributed by atoms with Crippen LogP contribution in [0.5, 0.6) is 0 Å². The van der Waals surface area contributed by atoms with E-state index in [2.05, 4.69) is 27.4 Å². The van der Waals surface area contributed by atoms with Crippen molar-refractivity contribution in [3.63, 3.8) is 0 Å². The van der Waals surface area contributed by atoms with Crippen LogP contribution in [0.2, 0.25) is 5.15 Å². The molecule has 1 unspecified atom stereocenters. The Labute approximate surface area is 105 Å². The molecule has 17 heavy (non-hydrogen) atoms. The number of anilines is 1. The molecule has 1 amide bonds. The van der Waals surface area contributed by atoms with Gasteiger partial charge in [-0.3, -0.25) is 10.1 Å². The minimum Gasteiger partial charge on any atom is -0.294 e. The van der Waals surface area contributed by atoms with Gasteiger partial charge in [-0.15, -0.1) is 0 Å². The van der Waals surface area contributed by atoms with Gasteiger partial charge in [-0.1, -0.05) is 23.8 Å². The molecule has 0 aromatic carbocycles. The molecule has 0 saturated carbocycles. The summed E-state index contributed by atoms with van der Waals surface area (Å²) in [7, 11) is 0. The number of amides is 1. The van der Waals surface area contributed by atoms with E-state index in [1.807, 2.05) is 6.92 Å². The molecule has 0 bridgehead atoms. The molecule has 1 atom stereocenters. The Kier molecular flexibility index (Phi) is 3.74. The van der Waals surface area contributed by atoms with Gasteiger partial charge in [0.1, 0.15) is 5.15 Å². The molecule has 0 aliphatic heterocycles. The van der Waals surface area contributed by atoms with Crippen LogP contribution in [-0.4, -0.2) is 15.9 Å². The second kappa shape index (κ2) is 5.27. The fourth-order valence-corrected chi connectivity index (χ4v) is 2.10. The normalized spacial score (nSPS) is 18.4. The third-order valence-electron chi connectivity index (χ3n) is 2.63. The third kappa shape index (κ3) is 3.53. The summed E-state index contributed by atoms with van der Waals surface area (Å²) in [6.45, 7) is 1.81. The van der Waals surface area contributed by atoms with E-state index in [1.165, 1.54) is 0 Å². The lowest BCUT2D eigenvalue weighted by atomic mass is 10.1. The zero-order valence-electron chi connectivity index (χ0n) is 9.61. The summed E-state index contributed by atoms with van der Waals surface area (Å²) in [5, 5.41) is 3.01. The molecule has 1 aliphatic rings. The second-order valence-electron chi connectivity index (χ2n) is 4.17. The van der Waals surface area contributed by atoms with Crippen LogP contribution in [0.15, 0.2) is 18.2 Å². The van der Waals surface area contributed by atoms with Gasteiger partial charge in [0.15, 0.2) is 0 Å². The van der Waals surface area contributed by atoms with Gasteiger partial charge in [0.05, 0.1) is 0 Å². The van der Waals surface area contributed by atoms with E-state index in [0.717, 1.165) is 18.5 Å². The molecular weight excluding hydrogens is 238 g/mol. The first kappa shape index (κ1) is 12.0. The molecule has 0 saturated heterocycles. The van der Waals surface area contributed by atoms with Crippen molar-refractivity contribution in [2.75, 3.05) is 5.32 Å². The second-order valence-corrected chi connectivity index (χ2v) is 4.56. The first-order valence-corrected chi connectivity index (χ1v) is 5.99. The molecule has 0 spiro atoms. The third-order valence-corrected chi connectivity index (χ3v) is 2.83. The maximum Gasteiger partial charge on any atom is 0.231 e. The molecule has 90 valence electrons. The number of hydrogen-bond acceptors (Lipinski definition) is 3. The minimum absolute atomic E-state index is 0.0665. The van der Waals surface area contributed by atoms with Crippen LogP contribution in [0.1, 0.15) is 25.0 Å². The largest absolute Gasteiger partial charge is 0.294 e. The fourth-order valence-electron chi connectivity index (χ4n) is 1.87. The topological polar surface area (TPSA) is 54.9 Å². The Balaban J connectivity index is 1.95. The van der Waals surface area contributed by atoms with Crippen LogP contribution >= 0.6 is 11.6 Å². The fraction of sp³-hybridized carbons (Fsp3) is 0.417. The summed E-state index contributed by atoms with van der Waals surface area (Å²) < 4.78 is 0. The zero-order chi connectivity index (χ0) is 12.3. The molecule has 0 radical (unpaired) electrons. The number of carbonyl (C=O) groups is 1. The Hall–Kier alpha value is -1.42. The predicted octanol–water partition coefficient (Wildman–Crippen LogP) is 2.73. The zero-order valence-corrected chi connectivity index (χ0v) is 10.4. The van der Waals surface area contributed by atoms with Crippen molar-refractivity contribution in [3.05, 3.63) is 29.1 Å². The molecule has 1 aliphatic carbocycles. The van der Waals surface area contributed by atoms with E-state index >= 15 is 0 Å². The van der Waals surface area contributed by atoms with Gasteiger partial charge in [-0.25, -0.2) is 9.97 Å². The monoisotopic (exact) mass is 251 g/mol. The molecule has 2 rings (SSSR count). The summed E-state index contributed by atoms with van der Waals surface area (Å²) in [5.74, 6) is 0.556. The molecule has 1 N–H and O–H groups in total. The number of nitrogens with one attached hydrogen (secondary N) is 1. The molecule has 0 fully saturated rings. The number of halogens is 1. The van der Waals surface area contributed by atoms with Crippen molar-refractivity contribution in [2.45, 2.75) is 26.2 Å². The highest BCUT2D eigenvalue weighted by Gasteiger charge is 2.14. The summed E-state index contributed by atoms with van der Waals surface area (Å²) in [4.78, 5) is 19.8. The number of nitrogens with zero attached hydrogens (tertiary/aromatic N) is 2. The smallest absolute Gasteiger partial charge is 0.231 e. The van der Waals surface area contributed by atoms with E-state index in [1.54, 1.807) is 6.07 Å². The lowest BCUT2D eigenvalue weighted by Gasteiger charge is -2.08.